The summed E-state index contributed by atoms with van der Waals surface area (Å²) >= 11 is 1.58. The van der Waals surface area contributed by atoms with Gasteiger partial charge in [-0.3, -0.25) is 4.79 Å². The Hall–Kier alpha value is -2.03. The number of hydrogen-bond acceptors (Lipinski definition) is 5. The minimum atomic E-state index is -3.55. The van der Waals surface area contributed by atoms with Gasteiger partial charge in [-0.2, -0.15) is 4.31 Å². The van der Waals surface area contributed by atoms with E-state index in [0.29, 0.717) is 30.8 Å². The molecular weight excluding hydrogens is 468 g/mol. The molecule has 0 bridgehead atoms. The molecule has 0 radical (unpaired) electrons. The first-order valence-corrected chi connectivity index (χ1v) is 14.7. The van der Waals surface area contributed by atoms with E-state index in [-0.39, 0.29) is 23.5 Å². The second-order valence-corrected chi connectivity index (χ2v) is 12.0. The summed E-state index contributed by atoms with van der Waals surface area (Å²) in [4.78, 5) is 14.6. The number of piperidine rings is 1. The zero-order valence-electron chi connectivity index (χ0n) is 20.1. The van der Waals surface area contributed by atoms with Crippen LogP contribution in [0, 0.1) is 5.92 Å². The SMILES string of the molecule is CCC1(CC)CC(NC(=O)C2CCN(S(=O)(=O)c3ccc(SC)cc3)CC2)c2ccccc2O1. The maximum absolute atomic E-state index is 13.2. The minimum absolute atomic E-state index is 0.00387. The van der Waals surface area contributed by atoms with Crippen LogP contribution in [0.4, 0.5) is 0 Å². The Labute approximate surface area is 207 Å². The second kappa shape index (κ2) is 10.3. The lowest BCUT2D eigenvalue weighted by Crippen LogP contribution is -2.47. The van der Waals surface area contributed by atoms with Crippen molar-refractivity contribution >= 4 is 27.7 Å². The fourth-order valence-corrected chi connectivity index (χ4v) is 6.85. The molecule has 6 nitrogen and oxygen atoms in total. The molecule has 2 aromatic rings. The molecule has 1 amide bonds. The first-order chi connectivity index (χ1) is 16.3. The number of amides is 1. The highest BCUT2D eigenvalue weighted by atomic mass is 32.2. The first kappa shape index (κ1) is 25.1. The average Bonchev–Trinajstić information content (AvgIpc) is 2.88. The summed E-state index contributed by atoms with van der Waals surface area (Å²) in [5, 5.41) is 3.28. The van der Waals surface area contributed by atoms with E-state index in [1.54, 1.807) is 23.9 Å². The highest BCUT2D eigenvalue weighted by molar-refractivity contribution is 7.98. The van der Waals surface area contributed by atoms with Crippen molar-refractivity contribution in [3.63, 3.8) is 0 Å². The molecule has 1 N–H and O–H groups in total. The zero-order valence-corrected chi connectivity index (χ0v) is 21.8. The monoisotopic (exact) mass is 502 g/mol. The summed E-state index contributed by atoms with van der Waals surface area (Å²) in [6, 6.07) is 14.8. The van der Waals surface area contributed by atoms with Crippen LogP contribution in [0.1, 0.15) is 57.6 Å². The van der Waals surface area contributed by atoms with Gasteiger partial charge in [0.25, 0.3) is 0 Å². The van der Waals surface area contributed by atoms with E-state index in [1.807, 2.05) is 42.7 Å². The highest BCUT2D eigenvalue weighted by Crippen LogP contribution is 2.43. The summed E-state index contributed by atoms with van der Waals surface area (Å²) in [5.74, 6) is 0.651. The van der Waals surface area contributed by atoms with Gasteiger partial charge in [-0.05, 0) is 62.3 Å². The molecule has 1 unspecified atom stereocenters. The van der Waals surface area contributed by atoms with Crippen LogP contribution in [0.3, 0.4) is 0 Å². The molecule has 1 fully saturated rings. The molecule has 0 spiro atoms. The summed E-state index contributed by atoms with van der Waals surface area (Å²) in [7, 11) is -3.55. The molecule has 4 rings (SSSR count). The van der Waals surface area contributed by atoms with Crippen molar-refractivity contribution in [1.29, 1.82) is 0 Å². The Bertz CT molecular complexity index is 1110. The number of rotatable bonds is 7. The van der Waals surface area contributed by atoms with Crippen molar-refractivity contribution in [2.75, 3.05) is 19.3 Å². The number of hydrogen-bond donors (Lipinski definition) is 1. The normalized spacial score (nSPS) is 20.9. The van der Waals surface area contributed by atoms with Gasteiger partial charge >= 0.3 is 0 Å². The van der Waals surface area contributed by atoms with Crippen molar-refractivity contribution in [3.05, 3.63) is 54.1 Å². The molecule has 0 saturated carbocycles. The van der Waals surface area contributed by atoms with Crippen molar-refractivity contribution in [2.45, 2.75) is 67.4 Å². The lowest BCUT2D eigenvalue weighted by Gasteiger charge is -2.42. The smallest absolute Gasteiger partial charge is 0.243 e. The third-order valence-electron chi connectivity index (χ3n) is 7.32. The van der Waals surface area contributed by atoms with Crippen molar-refractivity contribution in [1.82, 2.24) is 9.62 Å². The number of nitrogens with zero attached hydrogens (tertiary/aromatic N) is 1. The molecule has 1 atom stereocenters. The van der Waals surface area contributed by atoms with Crippen LogP contribution < -0.4 is 10.1 Å². The van der Waals surface area contributed by atoms with Crippen LogP contribution in [-0.4, -0.2) is 43.6 Å². The van der Waals surface area contributed by atoms with Crippen LogP contribution in [0.5, 0.6) is 5.75 Å². The summed E-state index contributed by atoms with van der Waals surface area (Å²) < 4.78 is 34.0. The maximum atomic E-state index is 13.2. The molecule has 2 aromatic carbocycles. The van der Waals surface area contributed by atoms with E-state index in [9.17, 15) is 13.2 Å². The average molecular weight is 503 g/mol. The maximum Gasteiger partial charge on any atom is 0.243 e. The fourth-order valence-electron chi connectivity index (χ4n) is 4.97. The van der Waals surface area contributed by atoms with Gasteiger partial charge < -0.3 is 10.1 Å². The largest absolute Gasteiger partial charge is 0.487 e. The van der Waals surface area contributed by atoms with E-state index < -0.39 is 10.0 Å². The van der Waals surface area contributed by atoms with Gasteiger partial charge in [0.1, 0.15) is 11.4 Å². The molecule has 2 aliphatic rings. The number of fused-ring (bicyclic) bond motifs is 1. The number of thioether (sulfide) groups is 1. The number of sulfonamides is 1. The Morgan fingerprint density at radius 2 is 1.74 bits per heavy atom. The number of benzene rings is 2. The van der Waals surface area contributed by atoms with E-state index in [4.69, 9.17) is 4.74 Å². The number of ether oxygens (including phenoxy) is 1. The van der Waals surface area contributed by atoms with Gasteiger partial charge in [0.05, 0.1) is 10.9 Å². The molecule has 0 aliphatic carbocycles. The van der Waals surface area contributed by atoms with Gasteiger partial charge in [-0.15, -0.1) is 11.8 Å². The lowest BCUT2D eigenvalue weighted by atomic mass is 9.83. The molecule has 2 heterocycles. The third-order valence-corrected chi connectivity index (χ3v) is 9.98. The van der Waals surface area contributed by atoms with Gasteiger partial charge in [-0.25, -0.2) is 8.42 Å². The molecule has 8 heteroatoms. The Morgan fingerprint density at radius 3 is 2.35 bits per heavy atom. The highest BCUT2D eigenvalue weighted by Gasteiger charge is 2.40. The molecule has 34 heavy (non-hydrogen) atoms. The topological polar surface area (TPSA) is 75.7 Å². The fraction of sp³-hybridized carbons (Fsp3) is 0.500. The zero-order chi connectivity index (χ0) is 24.3. The molecule has 184 valence electrons. The van der Waals surface area contributed by atoms with E-state index >= 15 is 0 Å². The predicted molar refractivity (Wildman–Crippen MR) is 136 cm³/mol. The number of carbonyl (C=O) groups is 1. The minimum Gasteiger partial charge on any atom is -0.487 e. The quantitative estimate of drug-likeness (QED) is 0.539. The predicted octanol–water partition coefficient (Wildman–Crippen LogP) is 5.01. The number of para-hydroxylation sites is 1. The lowest BCUT2D eigenvalue weighted by molar-refractivity contribution is -0.127. The van der Waals surface area contributed by atoms with Crippen molar-refractivity contribution in [3.8, 4) is 5.75 Å². The van der Waals surface area contributed by atoms with Gasteiger partial charge in [-0.1, -0.05) is 32.0 Å². The van der Waals surface area contributed by atoms with Crippen molar-refractivity contribution in [2.24, 2.45) is 5.92 Å². The standard InChI is InChI=1S/C26H34N2O4S2/c1-4-26(5-2)18-23(22-8-6-7-9-24(22)32-26)27-25(29)19-14-16-28(17-15-19)34(30,31)21-12-10-20(33-3)11-13-21/h6-13,19,23H,4-5,14-18H2,1-3H3,(H,27,29). The van der Waals surface area contributed by atoms with E-state index in [1.165, 1.54) is 4.31 Å². The first-order valence-electron chi connectivity index (χ1n) is 12.0. The summed E-state index contributed by atoms with van der Waals surface area (Å²) in [6.07, 6.45) is 5.48. The van der Waals surface area contributed by atoms with Crippen LogP contribution in [0.2, 0.25) is 0 Å². The van der Waals surface area contributed by atoms with E-state index in [2.05, 4.69) is 19.2 Å². The third kappa shape index (κ3) is 4.99. The summed E-state index contributed by atoms with van der Waals surface area (Å²) in [6.45, 7) is 4.95. The van der Waals surface area contributed by atoms with Gasteiger partial charge in [0.2, 0.25) is 15.9 Å². The Kier molecular flexibility index (Phi) is 7.60. The molecule has 2 aliphatic heterocycles. The van der Waals surface area contributed by atoms with Crippen LogP contribution >= 0.6 is 11.8 Å². The second-order valence-electron chi connectivity index (χ2n) is 9.15. The van der Waals surface area contributed by atoms with Gasteiger partial charge in [0, 0.05) is 35.9 Å². The number of carbonyl (C=O) groups excluding carboxylic acids is 1. The van der Waals surface area contributed by atoms with Crippen LogP contribution in [0.15, 0.2) is 58.3 Å². The van der Waals surface area contributed by atoms with Crippen LogP contribution in [0.25, 0.3) is 0 Å². The van der Waals surface area contributed by atoms with Crippen molar-refractivity contribution < 1.29 is 17.9 Å². The Morgan fingerprint density at radius 1 is 1.09 bits per heavy atom. The molecule has 0 aromatic heterocycles. The summed E-state index contributed by atoms with van der Waals surface area (Å²) in [5.41, 5.74) is 0.734. The molecular formula is C26H34N2O4S2. The van der Waals surface area contributed by atoms with E-state index in [0.717, 1.165) is 35.5 Å². The van der Waals surface area contributed by atoms with Gasteiger partial charge in [0.15, 0.2) is 0 Å². The number of nitrogens with one attached hydrogen (secondary N) is 1. The molecule has 1 saturated heterocycles. The van der Waals surface area contributed by atoms with Crippen LogP contribution in [-0.2, 0) is 14.8 Å². The Balaban J connectivity index is 1.42.